The average molecular weight is 211 g/mol. The minimum atomic E-state index is 0.317. The molecule has 0 amide bonds. The van der Waals surface area contributed by atoms with Gasteiger partial charge in [0.15, 0.2) is 17.6 Å². The van der Waals surface area contributed by atoms with Crippen molar-refractivity contribution in [3.63, 3.8) is 0 Å². The third-order valence-corrected chi connectivity index (χ3v) is 2.55. The highest BCUT2D eigenvalue weighted by atomic mass is 16.3. The van der Waals surface area contributed by atoms with Gasteiger partial charge in [-0.3, -0.25) is 9.78 Å². The molecule has 3 heteroatoms. The van der Waals surface area contributed by atoms with Crippen molar-refractivity contribution in [2.24, 2.45) is 5.92 Å². The van der Waals surface area contributed by atoms with Crippen LogP contribution in [-0.2, 0) is 0 Å². The van der Waals surface area contributed by atoms with Crippen LogP contribution in [0.3, 0.4) is 0 Å². The molecule has 0 unspecified atom stereocenters. The topological polar surface area (TPSA) is 43.1 Å². The summed E-state index contributed by atoms with van der Waals surface area (Å²) >= 11 is 0. The van der Waals surface area contributed by atoms with Crippen LogP contribution in [0, 0.1) is 17.8 Å². The number of hydrogen-bond donors (Lipinski definition) is 0. The Hall–Kier alpha value is -2.08. The number of rotatable bonds is 1. The molecular formula is C13H9NO2. The summed E-state index contributed by atoms with van der Waals surface area (Å²) in [5.41, 5.74) is 1.42. The minimum Gasteiger partial charge on any atom is -0.452 e. The van der Waals surface area contributed by atoms with Gasteiger partial charge in [0, 0.05) is 23.7 Å². The summed E-state index contributed by atoms with van der Waals surface area (Å²) < 4.78 is 5.39. The van der Waals surface area contributed by atoms with Crippen molar-refractivity contribution in [2.75, 3.05) is 0 Å². The second-order valence-corrected chi connectivity index (χ2v) is 3.92. The Kier molecular flexibility index (Phi) is 2.00. The Morgan fingerprint density at radius 2 is 2.31 bits per heavy atom. The number of carbonyl (C=O) groups excluding carboxylic acids is 1. The van der Waals surface area contributed by atoms with E-state index in [4.69, 9.17) is 4.42 Å². The number of aldehydes is 1. The van der Waals surface area contributed by atoms with Crippen LogP contribution < -0.4 is 0 Å². The molecular weight excluding hydrogens is 202 g/mol. The maximum Gasteiger partial charge on any atom is 0.185 e. The molecule has 0 saturated heterocycles. The number of aromatic nitrogens is 1. The lowest BCUT2D eigenvalue weighted by atomic mass is 10.2. The van der Waals surface area contributed by atoms with Crippen LogP contribution in [-0.4, -0.2) is 11.3 Å². The minimum absolute atomic E-state index is 0.317. The van der Waals surface area contributed by atoms with Crippen LogP contribution >= 0.6 is 0 Å². The summed E-state index contributed by atoms with van der Waals surface area (Å²) in [5.74, 6) is 7.07. The number of pyridine rings is 1. The fourth-order valence-electron chi connectivity index (χ4n) is 1.54. The van der Waals surface area contributed by atoms with Gasteiger partial charge in [-0.05, 0) is 18.9 Å². The number of fused-ring (bicyclic) bond motifs is 1. The van der Waals surface area contributed by atoms with E-state index in [9.17, 15) is 4.79 Å². The lowest BCUT2D eigenvalue weighted by molar-refractivity contribution is 0.110. The maximum absolute atomic E-state index is 10.6. The second-order valence-electron chi connectivity index (χ2n) is 3.92. The number of nitrogens with zero attached hydrogens (tertiary/aromatic N) is 1. The van der Waals surface area contributed by atoms with E-state index < -0.39 is 0 Å². The Morgan fingerprint density at radius 1 is 1.44 bits per heavy atom. The SMILES string of the molecule is O=Cc1cc2cncc(C#CC3CC3)c2o1. The molecule has 1 aliphatic rings. The lowest BCUT2D eigenvalue weighted by Crippen LogP contribution is -1.79. The van der Waals surface area contributed by atoms with Gasteiger partial charge in [-0.2, -0.15) is 0 Å². The maximum atomic E-state index is 10.6. The molecule has 1 saturated carbocycles. The highest BCUT2D eigenvalue weighted by molar-refractivity contribution is 5.87. The summed E-state index contributed by atoms with van der Waals surface area (Å²) in [6.45, 7) is 0. The zero-order valence-electron chi connectivity index (χ0n) is 8.56. The van der Waals surface area contributed by atoms with Crippen molar-refractivity contribution in [1.82, 2.24) is 4.98 Å². The summed E-state index contributed by atoms with van der Waals surface area (Å²) in [6, 6.07) is 1.68. The number of carbonyl (C=O) groups is 1. The van der Waals surface area contributed by atoms with E-state index >= 15 is 0 Å². The van der Waals surface area contributed by atoms with Crippen molar-refractivity contribution in [1.29, 1.82) is 0 Å². The van der Waals surface area contributed by atoms with Gasteiger partial charge < -0.3 is 4.42 Å². The molecule has 1 fully saturated rings. The van der Waals surface area contributed by atoms with Crippen molar-refractivity contribution in [3.05, 3.63) is 29.8 Å². The molecule has 0 bridgehead atoms. The summed E-state index contributed by atoms with van der Waals surface area (Å²) in [4.78, 5) is 14.7. The monoisotopic (exact) mass is 211 g/mol. The van der Waals surface area contributed by atoms with E-state index in [0.717, 1.165) is 10.9 Å². The van der Waals surface area contributed by atoms with E-state index in [2.05, 4.69) is 16.8 Å². The molecule has 78 valence electrons. The van der Waals surface area contributed by atoms with Crippen molar-refractivity contribution in [3.8, 4) is 11.8 Å². The summed E-state index contributed by atoms with van der Waals surface area (Å²) in [7, 11) is 0. The molecule has 2 aromatic rings. The molecule has 3 rings (SSSR count). The van der Waals surface area contributed by atoms with E-state index in [1.165, 1.54) is 12.8 Å². The van der Waals surface area contributed by atoms with Gasteiger partial charge >= 0.3 is 0 Å². The third kappa shape index (κ3) is 1.59. The first-order valence-electron chi connectivity index (χ1n) is 5.21. The van der Waals surface area contributed by atoms with Crippen LogP contribution in [0.5, 0.6) is 0 Å². The quantitative estimate of drug-likeness (QED) is 0.537. The number of hydrogen-bond acceptors (Lipinski definition) is 3. The summed E-state index contributed by atoms with van der Waals surface area (Å²) in [5, 5.41) is 0.824. The molecule has 0 radical (unpaired) electrons. The molecule has 0 spiro atoms. The van der Waals surface area contributed by atoms with E-state index in [1.54, 1.807) is 18.5 Å². The number of furan rings is 1. The zero-order chi connectivity index (χ0) is 11.0. The highest BCUT2D eigenvalue weighted by Crippen LogP contribution is 2.28. The molecule has 2 heterocycles. The predicted molar refractivity (Wildman–Crippen MR) is 59.0 cm³/mol. The Labute approximate surface area is 92.5 Å². The van der Waals surface area contributed by atoms with E-state index in [1.807, 2.05) is 0 Å². The first-order chi connectivity index (χ1) is 7.86. The lowest BCUT2D eigenvalue weighted by Gasteiger charge is -1.90. The fraction of sp³-hybridized carbons (Fsp3) is 0.231. The Balaban J connectivity index is 2.12. The van der Waals surface area contributed by atoms with Gasteiger partial charge in [0.2, 0.25) is 0 Å². The first kappa shape index (κ1) is 9.17. The largest absolute Gasteiger partial charge is 0.452 e. The van der Waals surface area contributed by atoms with Gasteiger partial charge in [-0.25, -0.2) is 0 Å². The molecule has 16 heavy (non-hydrogen) atoms. The third-order valence-electron chi connectivity index (χ3n) is 2.55. The van der Waals surface area contributed by atoms with Gasteiger partial charge in [0.1, 0.15) is 0 Å². The van der Waals surface area contributed by atoms with Gasteiger partial charge in [0.25, 0.3) is 0 Å². The summed E-state index contributed by atoms with van der Waals surface area (Å²) in [6.07, 6.45) is 6.42. The molecule has 1 aliphatic carbocycles. The van der Waals surface area contributed by atoms with E-state index in [0.29, 0.717) is 23.5 Å². The normalized spacial score (nSPS) is 14.5. The molecule has 2 aromatic heterocycles. The van der Waals surface area contributed by atoms with Crippen LogP contribution in [0.4, 0.5) is 0 Å². The van der Waals surface area contributed by atoms with Crippen LogP contribution in [0.1, 0.15) is 29.0 Å². The predicted octanol–water partition coefficient (Wildman–Crippen LogP) is 2.40. The standard InChI is InChI=1S/C13H9NO2/c15-8-12-5-11-7-14-6-10(13(11)16-12)4-3-9-1-2-9/h5-9H,1-2H2. The Bertz CT molecular complexity index is 612. The van der Waals surface area contributed by atoms with Crippen LogP contribution in [0.25, 0.3) is 11.0 Å². The molecule has 0 aliphatic heterocycles. The van der Waals surface area contributed by atoms with Crippen LogP contribution in [0.2, 0.25) is 0 Å². The van der Waals surface area contributed by atoms with Gasteiger partial charge in [-0.15, -0.1) is 0 Å². The van der Waals surface area contributed by atoms with Gasteiger partial charge in [0.05, 0.1) is 5.56 Å². The Morgan fingerprint density at radius 3 is 3.06 bits per heavy atom. The average Bonchev–Trinajstić information content (AvgIpc) is 3.03. The van der Waals surface area contributed by atoms with Gasteiger partial charge in [-0.1, -0.05) is 11.8 Å². The smallest absolute Gasteiger partial charge is 0.185 e. The fourth-order valence-corrected chi connectivity index (χ4v) is 1.54. The molecule has 0 atom stereocenters. The zero-order valence-corrected chi connectivity index (χ0v) is 8.56. The molecule has 0 aromatic carbocycles. The molecule has 0 N–H and O–H groups in total. The molecule has 3 nitrogen and oxygen atoms in total. The van der Waals surface area contributed by atoms with E-state index in [-0.39, 0.29) is 0 Å². The second kappa shape index (κ2) is 3.49. The van der Waals surface area contributed by atoms with Crippen LogP contribution in [0.15, 0.2) is 22.9 Å². The first-order valence-corrected chi connectivity index (χ1v) is 5.21. The van der Waals surface area contributed by atoms with Crippen molar-refractivity contribution >= 4 is 17.3 Å². The van der Waals surface area contributed by atoms with Crippen molar-refractivity contribution in [2.45, 2.75) is 12.8 Å². The van der Waals surface area contributed by atoms with Crippen molar-refractivity contribution < 1.29 is 9.21 Å². The highest BCUT2D eigenvalue weighted by Gasteiger charge is 2.18.